The van der Waals surface area contributed by atoms with Gasteiger partial charge in [-0.3, -0.25) is 4.79 Å². The summed E-state index contributed by atoms with van der Waals surface area (Å²) in [6, 6.07) is 1.87. The van der Waals surface area contributed by atoms with Gasteiger partial charge in [-0.05, 0) is 12.8 Å². The van der Waals surface area contributed by atoms with Crippen molar-refractivity contribution >= 4 is 15.8 Å². The third-order valence-corrected chi connectivity index (χ3v) is 4.16. The highest BCUT2D eigenvalue weighted by atomic mass is 32.2. The minimum absolute atomic E-state index is 0.0515. The maximum atomic E-state index is 11.2. The average molecular weight is 217 g/mol. The normalized spacial score (nSPS) is 31.4. The molecular formula is C8H11NO4S. The Morgan fingerprint density at radius 1 is 1.36 bits per heavy atom. The molecule has 14 heavy (non-hydrogen) atoms. The minimum Gasteiger partial charge on any atom is -0.481 e. The van der Waals surface area contributed by atoms with E-state index < -0.39 is 27.6 Å². The smallest absolute Gasteiger partial charge is 0.307 e. The molecule has 0 spiro atoms. The molecule has 1 aliphatic rings. The van der Waals surface area contributed by atoms with Crippen LogP contribution in [-0.2, 0) is 14.6 Å². The summed E-state index contributed by atoms with van der Waals surface area (Å²) >= 11 is 0. The first-order chi connectivity index (χ1) is 6.46. The van der Waals surface area contributed by atoms with E-state index in [9.17, 15) is 13.2 Å². The van der Waals surface area contributed by atoms with E-state index in [1.54, 1.807) is 0 Å². The van der Waals surface area contributed by atoms with Crippen LogP contribution in [0.4, 0.5) is 0 Å². The van der Waals surface area contributed by atoms with Gasteiger partial charge in [0.15, 0.2) is 0 Å². The van der Waals surface area contributed by atoms with Gasteiger partial charge in [0.25, 0.3) is 0 Å². The van der Waals surface area contributed by atoms with Crippen molar-refractivity contribution in [1.82, 2.24) is 0 Å². The van der Waals surface area contributed by atoms with E-state index in [1.807, 2.05) is 6.07 Å². The Labute approximate surface area is 82.3 Å². The fourth-order valence-electron chi connectivity index (χ4n) is 1.57. The van der Waals surface area contributed by atoms with Crippen LogP contribution in [0.3, 0.4) is 0 Å². The number of nitrogens with zero attached hydrogens (tertiary/aromatic N) is 1. The molecule has 1 fully saturated rings. The Kier molecular flexibility index (Phi) is 3.11. The van der Waals surface area contributed by atoms with Gasteiger partial charge < -0.3 is 5.11 Å². The predicted molar refractivity (Wildman–Crippen MR) is 48.1 cm³/mol. The monoisotopic (exact) mass is 217 g/mol. The van der Waals surface area contributed by atoms with Crippen LogP contribution in [0.15, 0.2) is 0 Å². The highest BCUT2D eigenvalue weighted by molar-refractivity contribution is 7.91. The van der Waals surface area contributed by atoms with Gasteiger partial charge in [0, 0.05) is 0 Å². The van der Waals surface area contributed by atoms with E-state index in [4.69, 9.17) is 10.4 Å². The van der Waals surface area contributed by atoms with Gasteiger partial charge in [-0.25, -0.2) is 8.42 Å². The Morgan fingerprint density at radius 2 is 1.93 bits per heavy atom. The molecule has 1 saturated heterocycles. The Balaban J connectivity index is 2.87. The van der Waals surface area contributed by atoms with Crippen molar-refractivity contribution in [3.8, 4) is 6.07 Å². The number of hydrogen-bond donors (Lipinski definition) is 1. The molecule has 0 aromatic carbocycles. The summed E-state index contributed by atoms with van der Waals surface area (Å²) in [5, 5.41) is 17.5. The van der Waals surface area contributed by atoms with Crippen molar-refractivity contribution in [2.45, 2.75) is 12.8 Å². The molecule has 0 aliphatic carbocycles. The lowest BCUT2D eigenvalue weighted by molar-refractivity contribution is -0.143. The topological polar surface area (TPSA) is 95.2 Å². The molecular weight excluding hydrogens is 206 g/mol. The second kappa shape index (κ2) is 3.96. The SMILES string of the molecule is N#CC1CCS(=O)(=O)CCC1C(=O)O. The molecule has 78 valence electrons. The molecule has 0 bridgehead atoms. The largest absolute Gasteiger partial charge is 0.481 e. The maximum Gasteiger partial charge on any atom is 0.307 e. The second-order valence-corrected chi connectivity index (χ2v) is 5.71. The van der Waals surface area contributed by atoms with E-state index in [0.29, 0.717) is 0 Å². The number of sulfone groups is 1. The maximum absolute atomic E-state index is 11.2. The first-order valence-corrected chi connectivity index (χ1v) is 6.11. The van der Waals surface area contributed by atoms with Crippen LogP contribution >= 0.6 is 0 Å². The lowest BCUT2D eigenvalue weighted by Crippen LogP contribution is -2.22. The minimum atomic E-state index is -3.14. The van der Waals surface area contributed by atoms with E-state index in [0.717, 1.165) is 0 Å². The van der Waals surface area contributed by atoms with Gasteiger partial charge in [-0.1, -0.05) is 0 Å². The summed E-state index contributed by atoms with van der Waals surface area (Å²) in [7, 11) is -3.14. The number of aliphatic carboxylic acids is 1. The molecule has 0 aromatic rings. The zero-order valence-electron chi connectivity index (χ0n) is 7.51. The molecule has 0 aromatic heterocycles. The zero-order valence-corrected chi connectivity index (χ0v) is 8.33. The number of carboxylic acid groups (broad SMARTS) is 1. The van der Waals surface area contributed by atoms with Gasteiger partial charge in [0.05, 0.1) is 29.4 Å². The summed E-state index contributed by atoms with van der Waals surface area (Å²) in [5.41, 5.74) is 0. The molecule has 2 unspecified atom stereocenters. The molecule has 0 amide bonds. The Bertz CT molecular complexity index is 367. The molecule has 0 radical (unpaired) electrons. The highest BCUT2D eigenvalue weighted by Crippen LogP contribution is 2.24. The number of nitriles is 1. The van der Waals surface area contributed by atoms with Gasteiger partial charge in [-0.2, -0.15) is 5.26 Å². The van der Waals surface area contributed by atoms with Crippen LogP contribution < -0.4 is 0 Å². The third-order valence-electron chi connectivity index (χ3n) is 2.45. The lowest BCUT2D eigenvalue weighted by Gasteiger charge is -2.12. The molecule has 0 saturated carbocycles. The summed E-state index contributed by atoms with van der Waals surface area (Å²) in [6.07, 6.45) is 0.186. The van der Waals surface area contributed by atoms with Crippen LogP contribution in [0.2, 0.25) is 0 Å². The van der Waals surface area contributed by atoms with Crippen LogP contribution in [0.5, 0.6) is 0 Å². The molecule has 5 nitrogen and oxygen atoms in total. The first-order valence-electron chi connectivity index (χ1n) is 4.29. The fraction of sp³-hybridized carbons (Fsp3) is 0.750. The molecule has 1 heterocycles. The molecule has 1 aliphatic heterocycles. The van der Waals surface area contributed by atoms with Crippen molar-refractivity contribution < 1.29 is 18.3 Å². The van der Waals surface area contributed by atoms with E-state index in [-0.39, 0.29) is 24.3 Å². The van der Waals surface area contributed by atoms with Crippen LogP contribution in [0.1, 0.15) is 12.8 Å². The van der Waals surface area contributed by atoms with E-state index in [1.165, 1.54) is 0 Å². The average Bonchev–Trinajstić information content (AvgIpc) is 2.23. The fourth-order valence-corrected chi connectivity index (χ4v) is 3.00. The van der Waals surface area contributed by atoms with Crippen molar-refractivity contribution in [3.63, 3.8) is 0 Å². The Morgan fingerprint density at radius 3 is 2.43 bits per heavy atom. The van der Waals surface area contributed by atoms with E-state index >= 15 is 0 Å². The zero-order chi connectivity index (χ0) is 10.8. The molecule has 6 heteroatoms. The molecule has 2 atom stereocenters. The van der Waals surface area contributed by atoms with Gasteiger partial charge in [0.2, 0.25) is 0 Å². The lowest BCUT2D eigenvalue weighted by atomic mass is 9.89. The van der Waals surface area contributed by atoms with Gasteiger partial charge in [0.1, 0.15) is 9.84 Å². The van der Waals surface area contributed by atoms with Crippen molar-refractivity contribution in [2.24, 2.45) is 11.8 Å². The second-order valence-electron chi connectivity index (χ2n) is 3.41. The summed E-state index contributed by atoms with van der Waals surface area (Å²) in [4.78, 5) is 10.7. The molecule has 1 N–H and O–H groups in total. The standard InChI is InChI=1S/C8H11NO4S/c9-5-6-1-3-14(12,13)4-2-7(6)8(10)11/h6-7H,1-4H2,(H,10,11). The molecule has 1 rings (SSSR count). The van der Waals surface area contributed by atoms with Gasteiger partial charge >= 0.3 is 5.97 Å². The Hall–Kier alpha value is -1.09. The summed E-state index contributed by atoms with van der Waals surface area (Å²) in [5.74, 6) is -2.78. The number of carbonyl (C=O) groups is 1. The predicted octanol–water partition coefficient (Wildman–Crippen LogP) is 0.0356. The van der Waals surface area contributed by atoms with Crippen LogP contribution in [0.25, 0.3) is 0 Å². The van der Waals surface area contributed by atoms with Crippen LogP contribution in [-0.4, -0.2) is 31.0 Å². The number of carboxylic acids is 1. The van der Waals surface area contributed by atoms with Crippen molar-refractivity contribution in [2.75, 3.05) is 11.5 Å². The first kappa shape index (κ1) is 11.0. The quantitative estimate of drug-likeness (QED) is 0.668. The van der Waals surface area contributed by atoms with Gasteiger partial charge in [-0.15, -0.1) is 0 Å². The third kappa shape index (κ3) is 2.45. The number of rotatable bonds is 1. The van der Waals surface area contributed by atoms with Crippen molar-refractivity contribution in [3.05, 3.63) is 0 Å². The summed E-state index contributed by atoms with van der Waals surface area (Å²) in [6.45, 7) is 0. The number of hydrogen-bond acceptors (Lipinski definition) is 4. The summed E-state index contributed by atoms with van der Waals surface area (Å²) < 4.78 is 22.4. The van der Waals surface area contributed by atoms with Crippen molar-refractivity contribution in [1.29, 1.82) is 5.26 Å². The van der Waals surface area contributed by atoms with Crippen LogP contribution in [0, 0.1) is 23.2 Å². The highest BCUT2D eigenvalue weighted by Gasteiger charge is 2.33. The van der Waals surface area contributed by atoms with E-state index in [2.05, 4.69) is 0 Å².